The summed E-state index contributed by atoms with van der Waals surface area (Å²) in [6.07, 6.45) is 0. The monoisotopic (exact) mass is 275 g/mol. The van der Waals surface area contributed by atoms with Crippen molar-refractivity contribution < 1.29 is 25.5 Å². The van der Waals surface area contributed by atoms with Crippen LogP contribution in [0.5, 0.6) is 23.0 Å². The van der Waals surface area contributed by atoms with Gasteiger partial charge in [-0.25, -0.2) is 0 Å². The van der Waals surface area contributed by atoms with E-state index < -0.39 is 0 Å². The fourth-order valence-electron chi connectivity index (χ4n) is 2.55. The molecule has 0 spiro atoms. The normalized spacial score (nSPS) is 11.4. The molecular formula is C14H13NO5. The van der Waals surface area contributed by atoms with Gasteiger partial charge < -0.3 is 30.1 Å². The van der Waals surface area contributed by atoms with E-state index in [-0.39, 0.29) is 36.1 Å². The van der Waals surface area contributed by atoms with Gasteiger partial charge in [-0.3, -0.25) is 0 Å². The molecule has 0 saturated carbocycles. The zero-order chi connectivity index (χ0) is 14.4. The molecule has 5 N–H and O–H groups in total. The van der Waals surface area contributed by atoms with Crippen LogP contribution in [0.15, 0.2) is 24.3 Å². The van der Waals surface area contributed by atoms with Crippen molar-refractivity contribution in [2.24, 2.45) is 0 Å². The van der Waals surface area contributed by atoms with E-state index in [0.29, 0.717) is 21.8 Å². The Morgan fingerprint density at radius 1 is 0.750 bits per heavy atom. The number of nitrogens with zero attached hydrogens (tertiary/aromatic N) is 1. The van der Waals surface area contributed by atoms with Crippen LogP contribution in [-0.2, 0) is 6.54 Å². The van der Waals surface area contributed by atoms with E-state index in [1.165, 1.54) is 16.7 Å². The van der Waals surface area contributed by atoms with Gasteiger partial charge in [-0.2, -0.15) is 0 Å². The predicted molar refractivity (Wildman–Crippen MR) is 73.2 cm³/mol. The Labute approximate surface area is 113 Å². The summed E-state index contributed by atoms with van der Waals surface area (Å²) in [5, 5.41) is 49.7. The summed E-state index contributed by atoms with van der Waals surface area (Å²) in [6.45, 7) is -0.114. The number of aromatic nitrogens is 1. The molecule has 3 rings (SSSR count). The van der Waals surface area contributed by atoms with Crippen LogP contribution in [0.25, 0.3) is 21.8 Å². The highest BCUT2D eigenvalue weighted by Crippen LogP contribution is 2.44. The Balaban J connectivity index is 2.59. The lowest BCUT2D eigenvalue weighted by molar-refractivity contribution is 0.279. The summed E-state index contributed by atoms with van der Waals surface area (Å²) in [5.41, 5.74) is 0.602. The van der Waals surface area contributed by atoms with Crippen LogP contribution in [0.3, 0.4) is 0 Å². The predicted octanol–water partition coefficient (Wildman–Crippen LogP) is 1.61. The maximum atomic E-state index is 10.0. The van der Waals surface area contributed by atoms with Crippen molar-refractivity contribution >= 4 is 21.8 Å². The molecule has 0 aliphatic carbocycles. The van der Waals surface area contributed by atoms with E-state index in [2.05, 4.69) is 0 Å². The molecule has 104 valence electrons. The van der Waals surface area contributed by atoms with Crippen molar-refractivity contribution in [3.05, 3.63) is 24.3 Å². The maximum absolute atomic E-state index is 10.0. The summed E-state index contributed by atoms with van der Waals surface area (Å²) in [4.78, 5) is 0. The molecule has 20 heavy (non-hydrogen) atoms. The van der Waals surface area contributed by atoms with Crippen LogP contribution in [-0.4, -0.2) is 36.7 Å². The number of phenols is 4. The summed E-state index contributed by atoms with van der Waals surface area (Å²) >= 11 is 0. The van der Waals surface area contributed by atoms with Crippen LogP contribution < -0.4 is 0 Å². The van der Waals surface area contributed by atoms with Gasteiger partial charge in [-0.05, 0) is 24.3 Å². The van der Waals surface area contributed by atoms with Gasteiger partial charge in [-0.1, -0.05) is 0 Å². The molecule has 1 heterocycles. The molecule has 0 unspecified atom stereocenters. The van der Waals surface area contributed by atoms with Crippen molar-refractivity contribution in [2.45, 2.75) is 6.54 Å². The van der Waals surface area contributed by atoms with Gasteiger partial charge in [0.15, 0.2) is 23.0 Å². The van der Waals surface area contributed by atoms with Crippen LogP contribution in [0, 0.1) is 0 Å². The highest BCUT2D eigenvalue weighted by Gasteiger charge is 2.19. The zero-order valence-electron chi connectivity index (χ0n) is 10.4. The van der Waals surface area contributed by atoms with Gasteiger partial charge in [0.05, 0.1) is 17.6 Å². The minimum absolute atomic E-state index is 0.105. The van der Waals surface area contributed by atoms with E-state index in [0.717, 1.165) is 0 Å². The number of phenolic OH excluding ortho intramolecular Hbond substituents is 4. The van der Waals surface area contributed by atoms with Crippen molar-refractivity contribution in [3.63, 3.8) is 0 Å². The molecule has 0 saturated heterocycles. The topological polar surface area (TPSA) is 106 Å². The van der Waals surface area contributed by atoms with Crippen LogP contribution in [0.4, 0.5) is 0 Å². The molecule has 0 aliphatic heterocycles. The molecule has 0 aliphatic rings. The smallest absolute Gasteiger partial charge is 0.182 e. The second-order valence-electron chi connectivity index (χ2n) is 4.53. The lowest BCUT2D eigenvalue weighted by Crippen LogP contribution is -2.01. The number of hydrogen-bond donors (Lipinski definition) is 5. The third-order valence-corrected chi connectivity index (χ3v) is 3.41. The number of aliphatic hydroxyl groups excluding tert-OH is 1. The van der Waals surface area contributed by atoms with E-state index in [1.807, 2.05) is 0 Å². The minimum Gasteiger partial charge on any atom is -0.504 e. The van der Waals surface area contributed by atoms with Gasteiger partial charge in [0.2, 0.25) is 0 Å². The van der Waals surface area contributed by atoms with Crippen LogP contribution in [0.1, 0.15) is 0 Å². The van der Waals surface area contributed by atoms with Gasteiger partial charge >= 0.3 is 0 Å². The SMILES string of the molecule is OCCn1c2c(O)c(O)ccc2c2ccc(O)c(O)c21. The summed E-state index contributed by atoms with van der Waals surface area (Å²) in [5.74, 6) is -1.23. The third-order valence-electron chi connectivity index (χ3n) is 3.41. The molecule has 3 aromatic rings. The fraction of sp³-hybridized carbons (Fsp3) is 0.143. The third kappa shape index (κ3) is 1.48. The van der Waals surface area contributed by atoms with Crippen molar-refractivity contribution in [3.8, 4) is 23.0 Å². The second-order valence-corrected chi connectivity index (χ2v) is 4.53. The zero-order valence-corrected chi connectivity index (χ0v) is 10.4. The van der Waals surface area contributed by atoms with Gasteiger partial charge in [-0.15, -0.1) is 0 Å². The summed E-state index contributed by atoms with van der Waals surface area (Å²) < 4.78 is 1.47. The van der Waals surface area contributed by atoms with E-state index in [4.69, 9.17) is 5.11 Å². The number of fused-ring (bicyclic) bond motifs is 3. The number of benzene rings is 2. The average Bonchev–Trinajstić information content (AvgIpc) is 2.74. The largest absolute Gasteiger partial charge is 0.504 e. The Hall–Kier alpha value is -2.60. The van der Waals surface area contributed by atoms with E-state index >= 15 is 0 Å². The quantitative estimate of drug-likeness (QED) is 0.457. The molecule has 2 aromatic carbocycles. The van der Waals surface area contributed by atoms with Crippen LogP contribution in [0.2, 0.25) is 0 Å². The van der Waals surface area contributed by atoms with Gasteiger partial charge in [0.25, 0.3) is 0 Å². The van der Waals surface area contributed by atoms with Gasteiger partial charge in [0, 0.05) is 17.3 Å². The van der Waals surface area contributed by atoms with Crippen molar-refractivity contribution in [1.82, 2.24) is 4.57 Å². The average molecular weight is 275 g/mol. The highest BCUT2D eigenvalue weighted by atomic mass is 16.3. The van der Waals surface area contributed by atoms with E-state index in [9.17, 15) is 20.4 Å². The fourth-order valence-corrected chi connectivity index (χ4v) is 2.55. The first-order valence-corrected chi connectivity index (χ1v) is 6.05. The molecule has 0 fully saturated rings. The first-order valence-electron chi connectivity index (χ1n) is 6.05. The standard InChI is InChI=1S/C14H13NO5/c16-6-5-15-11-7(1-3-9(17)13(11)19)8-2-4-10(18)14(20)12(8)15/h1-4,16-20H,5-6H2. The first-order chi connectivity index (χ1) is 9.56. The van der Waals surface area contributed by atoms with Crippen molar-refractivity contribution in [1.29, 1.82) is 0 Å². The number of rotatable bonds is 2. The Morgan fingerprint density at radius 3 is 1.60 bits per heavy atom. The molecule has 1 aromatic heterocycles. The van der Waals surface area contributed by atoms with Crippen LogP contribution >= 0.6 is 0 Å². The number of aliphatic hydroxyl groups is 1. The molecule has 6 nitrogen and oxygen atoms in total. The lowest BCUT2D eigenvalue weighted by atomic mass is 10.1. The molecular weight excluding hydrogens is 262 g/mol. The highest BCUT2D eigenvalue weighted by molar-refractivity contribution is 6.12. The van der Waals surface area contributed by atoms with Crippen molar-refractivity contribution in [2.75, 3.05) is 6.61 Å². The first kappa shape index (κ1) is 12.4. The number of aromatic hydroxyl groups is 4. The maximum Gasteiger partial charge on any atom is 0.182 e. The van der Waals surface area contributed by atoms with E-state index in [1.54, 1.807) is 12.1 Å². The molecule has 0 amide bonds. The second kappa shape index (κ2) is 4.21. The Kier molecular flexibility index (Phi) is 2.62. The molecule has 0 atom stereocenters. The summed E-state index contributed by atoms with van der Waals surface area (Å²) in [7, 11) is 0. The lowest BCUT2D eigenvalue weighted by Gasteiger charge is -2.08. The summed E-state index contributed by atoms with van der Waals surface area (Å²) in [6, 6.07) is 5.92. The van der Waals surface area contributed by atoms with Gasteiger partial charge in [0.1, 0.15) is 0 Å². The number of hydrogen-bond acceptors (Lipinski definition) is 5. The Bertz CT molecular complexity index is 756. The molecule has 0 radical (unpaired) electrons. The Morgan fingerprint density at radius 2 is 1.20 bits per heavy atom. The molecule has 0 bridgehead atoms. The molecule has 6 heteroatoms. The minimum atomic E-state index is -0.328.